The van der Waals surface area contributed by atoms with Gasteiger partial charge in [0.1, 0.15) is 5.69 Å². The molecule has 0 spiro atoms. The van der Waals surface area contributed by atoms with E-state index < -0.39 is 17.5 Å². The second kappa shape index (κ2) is 6.98. The minimum absolute atomic E-state index is 0.172. The summed E-state index contributed by atoms with van der Waals surface area (Å²) in [6.07, 6.45) is 2.46. The van der Waals surface area contributed by atoms with E-state index in [2.05, 4.69) is 22.5 Å². The van der Waals surface area contributed by atoms with Crippen LogP contribution in [0.4, 0.5) is 20.2 Å². The maximum atomic E-state index is 13.1. The van der Waals surface area contributed by atoms with Crippen LogP contribution in [-0.2, 0) is 0 Å². The molecule has 0 aliphatic carbocycles. The van der Waals surface area contributed by atoms with Crippen LogP contribution in [0.3, 0.4) is 0 Å². The molecule has 0 aliphatic rings. The highest BCUT2D eigenvalue weighted by Gasteiger charge is 2.11. The number of hydrogen-bond donors (Lipinski definition) is 2. The molecule has 0 aliphatic heterocycles. The average Bonchev–Trinajstić information content (AvgIpc) is 2.51. The van der Waals surface area contributed by atoms with Gasteiger partial charge in [-0.2, -0.15) is 0 Å². The van der Waals surface area contributed by atoms with Crippen molar-refractivity contribution in [1.29, 1.82) is 0 Å². The lowest BCUT2D eigenvalue weighted by atomic mass is 10.2. The van der Waals surface area contributed by atoms with Crippen molar-refractivity contribution in [2.75, 3.05) is 10.6 Å². The van der Waals surface area contributed by atoms with Crippen molar-refractivity contribution in [3.8, 4) is 0 Å². The van der Waals surface area contributed by atoms with Crippen LogP contribution in [0, 0.1) is 11.6 Å². The highest BCUT2D eigenvalue weighted by atomic mass is 19.2. The number of nitrogens with one attached hydrogen (secondary N) is 2. The molecule has 0 saturated carbocycles. The highest BCUT2D eigenvalue weighted by molar-refractivity contribution is 6.03. The minimum atomic E-state index is -1.02. The summed E-state index contributed by atoms with van der Waals surface area (Å²) in [5.74, 6) is -2.47. The molecule has 1 aromatic heterocycles. The quantitative estimate of drug-likeness (QED) is 0.883. The van der Waals surface area contributed by atoms with Crippen LogP contribution in [0.25, 0.3) is 0 Å². The van der Waals surface area contributed by atoms with Crippen LogP contribution in [0.2, 0.25) is 0 Å². The van der Waals surface area contributed by atoms with E-state index in [4.69, 9.17) is 0 Å². The van der Waals surface area contributed by atoms with Gasteiger partial charge in [0.05, 0.1) is 0 Å². The van der Waals surface area contributed by atoms with Crippen LogP contribution in [-0.4, -0.2) is 16.9 Å². The van der Waals surface area contributed by atoms with Gasteiger partial charge in [0.25, 0.3) is 5.91 Å². The number of amides is 1. The minimum Gasteiger partial charge on any atom is -0.382 e. The first-order valence-electron chi connectivity index (χ1n) is 6.98. The third-order valence-corrected chi connectivity index (χ3v) is 3.20. The molecular weight excluding hydrogens is 288 g/mol. The van der Waals surface area contributed by atoms with E-state index in [9.17, 15) is 13.6 Å². The molecule has 0 radical (unpaired) electrons. The lowest BCUT2D eigenvalue weighted by molar-refractivity contribution is 0.102. The zero-order valence-corrected chi connectivity index (χ0v) is 12.4. The van der Waals surface area contributed by atoms with Crippen LogP contribution in [0.5, 0.6) is 0 Å². The second-order valence-corrected chi connectivity index (χ2v) is 4.97. The number of carbonyl (C=O) groups excluding carboxylic acids is 1. The van der Waals surface area contributed by atoms with Gasteiger partial charge >= 0.3 is 0 Å². The Labute approximate surface area is 127 Å². The number of nitrogens with zero attached hydrogens (tertiary/aromatic N) is 1. The van der Waals surface area contributed by atoms with Gasteiger partial charge in [-0.05, 0) is 37.6 Å². The third kappa shape index (κ3) is 4.00. The summed E-state index contributed by atoms with van der Waals surface area (Å²) in [6, 6.07) is 6.82. The molecule has 0 fully saturated rings. The zero-order valence-electron chi connectivity index (χ0n) is 12.4. The molecule has 2 aromatic rings. The summed E-state index contributed by atoms with van der Waals surface area (Å²) >= 11 is 0. The molecule has 22 heavy (non-hydrogen) atoms. The molecule has 1 heterocycles. The van der Waals surface area contributed by atoms with E-state index in [-0.39, 0.29) is 17.4 Å². The fourth-order valence-corrected chi connectivity index (χ4v) is 1.80. The summed E-state index contributed by atoms with van der Waals surface area (Å²) < 4.78 is 26.0. The number of carbonyl (C=O) groups is 1. The molecule has 2 N–H and O–H groups in total. The van der Waals surface area contributed by atoms with Crippen molar-refractivity contribution in [3.63, 3.8) is 0 Å². The first-order valence-corrected chi connectivity index (χ1v) is 6.98. The van der Waals surface area contributed by atoms with Crippen molar-refractivity contribution in [2.45, 2.75) is 26.3 Å². The van der Waals surface area contributed by atoms with E-state index in [1.165, 1.54) is 12.3 Å². The Morgan fingerprint density at radius 1 is 1.18 bits per heavy atom. The van der Waals surface area contributed by atoms with Gasteiger partial charge in [0.2, 0.25) is 0 Å². The van der Waals surface area contributed by atoms with Crippen LogP contribution >= 0.6 is 0 Å². The number of halogens is 2. The smallest absolute Gasteiger partial charge is 0.274 e. The van der Waals surface area contributed by atoms with Crippen molar-refractivity contribution in [2.24, 2.45) is 0 Å². The normalized spacial score (nSPS) is 11.8. The molecular formula is C16H17F2N3O. The van der Waals surface area contributed by atoms with Gasteiger partial charge < -0.3 is 10.6 Å². The molecule has 1 amide bonds. The first kappa shape index (κ1) is 15.9. The fraction of sp³-hybridized carbons (Fsp3) is 0.250. The van der Waals surface area contributed by atoms with Gasteiger partial charge in [-0.25, -0.2) is 8.78 Å². The number of pyridine rings is 1. The molecule has 0 bridgehead atoms. The molecule has 0 saturated heterocycles. The third-order valence-electron chi connectivity index (χ3n) is 3.20. The Balaban J connectivity index is 2.12. The Morgan fingerprint density at radius 2 is 1.95 bits per heavy atom. The van der Waals surface area contributed by atoms with Gasteiger partial charge in [-0.1, -0.05) is 6.92 Å². The maximum Gasteiger partial charge on any atom is 0.274 e. The number of anilines is 2. The monoisotopic (exact) mass is 305 g/mol. The molecule has 1 unspecified atom stereocenters. The summed E-state index contributed by atoms with van der Waals surface area (Å²) in [5.41, 5.74) is 1.14. The molecule has 1 aromatic carbocycles. The van der Waals surface area contributed by atoms with Gasteiger partial charge in [0.15, 0.2) is 11.6 Å². The van der Waals surface area contributed by atoms with Crippen LogP contribution in [0.1, 0.15) is 30.8 Å². The van der Waals surface area contributed by atoms with Gasteiger partial charge in [0, 0.05) is 29.7 Å². The fourth-order valence-electron chi connectivity index (χ4n) is 1.80. The van der Waals surface area contributed by atoms with Crippen molar-refractivity contribution >= 4 is 17.3 Å². The Morgan fingerprint density at radius 3 is 2.64 bits per heavy atom. The molecule has 2 rings (SSSR count). The van der Waals surface area contributed by atoms with Crippen LogP contribution in [0.15, 0.2) is 36.5 Å². The van der Waals surface area contributed by atoms with Crippen LogP contribution < -0.4 is 10.6 Å². The van der Waals surface area contributed by atoms with Gasteiger partial charge in [-0.15, -0.1) is 0 Å². The van der Waals surface area contributed by atoms with Crippen molar-refractivity contribution < 1.29 is 13.6 Å². The van der Waals surface area contributed by atoms with E-state index in [1.807, 2.05) is 6.92 Å². The average molecular weight is 305 g/mol. The largest absolute Gasteiger partial charge is 0.382 e. The number of hydrogen-bond acceptors (Lipinski definition) is 3. The van der Waals surface area contributed by atoms with Gasteiger partial charge in [-0.3, -0.25) is 9.78 Å². The molecule has 1 atom stereocenters. The maximum absolute atomic E-state index is 13.1. The SMILES string of the molecule is CCC(C)Nc1ccnc(C(=O)Nc2ccc(F)c(F)c2)c1. The predicted molar refractivity (Wildman–Crippen MR) is 81.9 cm³/mol. The molecule has 4 nitrogen and oxygen atoms in total. The van der Waals surface area contributed by atoms with Crippen molar-refractivity contribution in [3.05, 3.63) is 53.9 Å². The summed E-state index contributed by atoms with van der Waals surface area (Å²) in [4.78, 5) is 16.1. The number of rotatable bonds is 5. The molecule has 116 valence electrons. The zero-order chi connectivity index (χ0) is 16.1. The standard InChI is InChI=1S/C16H17F2N3O/c1-3-10(2)20-12-6-7-19-15(9-12)16(22)21-11-4-5-13(17)14(18)8-11/h4-10H,3H2,1-2H3,(H,19,20)(H,21,22). The summed E-state index contributed by atoms with van der Waals surface area (Å²) in [7, 11) is 0. The summed E-state index contributed by atoms with van der Waals surface area (Å²) in [6.45, 7) is 4.08. The summed E-state index contributed by atoms with van der Waals surface area (Å²) in [5, 5.41) is 5.72. The van der Waals surface area contributed by atoms with E-state index in [0.717, 1.165) is 24.2 Å². The lowest BCUT2D eigenvalue weighted by Crippen LogP contribution is -2.16. The van der Waals surface area contributed by atoms with E-state index in [1.54, 1.807) is 12.1 Å². The first-order chi connectivity index (χ1) is 10.5. The Bertz CT molecular complexity index is 676. The lowest BCUT2D eigenvalue weighted by Gasteiger charge is -2.13. The van der Waals surface area contributed by atoms with Crippen molar-refractivity contribution in [1.82, 2.24) is 4.98 Å². The second-order valence-electron chi connectivity index (χ2n) is 4.97. The molecule has 6 heteroatoms. The predicted octanol–water partition coefficient (Wildman–Crippen LogP) is 3.82. The van der Waals surface area contributed by atoms with E-state index in [0.29, 0.717) is 0 Å². The highest BCUT2D eigenvalue weighted by Crippen LogP contribution is 2.15. The number of aromatic nitrogens is 1. The van der Waals surface area contributed by atoms with E-state index >= 15 is 0 Å². The topological polar surface area (TPSA) is 54.0 Å². The Kier molecular flexibility index (Phi) is 5.04. The number of benzene rings is 1. The Hall–Kier alpha value is -2.50.